The Hall–Kier alpha value is -1.62. The van der Waals surface area contributed by atoms with Crippen LogP contribution in [0.3, 0.4) is 0 Å². The normalized spacial score (nSPS) is 19.2. The molecule has 0 amide bonds. The molecule has 4 nitrogen and oxygen atoms in total. The van der Waals surface area contributed by atoms with Crippen molar-refractivity contribution in [3.8, 4) is 0 Å². The number of carboxylic acid groups (broad SMARTS) is 1. The molecule has 0 saturated carbocycles. The molecule has 0 spiro atoms. The number of halogens is 1. The van der Waals surface area contributed by atoms with E-state index in [4.69, 9.17) is 5.11 Å². The fourth-order valence-electron chi connectivity index (χ4n) is 2.88. The quantitative estimate of drug-likeness (QED) is 0.899. The zero-order valence-corrected chi connectivity index (χ0v) is 12.0. The van der Waals surface area contributed by atoms with Crippen LogP contribution in [0.2, 0.25) is 0 Å². The van der Waals surface area contributed by atoms with Gasteiger partial charge in [-0.15, -0.1) is 0 Å². The number of likely N-dealkylation sites (tertiary alicyclic amines) is 1. The van der Waals surface area contributed by atoms with Crippen LogP contribution in [0.4, 0.5) is 10.1 Å². The Labute approximate surface area is 118 Å². The van der Waals surface area contributed by atoms with Crippen LogP contribution in [0.25, 0.3) is 0 Å². The van der Waals surface area contributed by atoms with E-state index in [0.29, 0.717) is 11.7 Å². The molecular weight excluding hydrogens is 259 g/mol. The fourth-order valence-corrected chi connectivity index (χ4v) is 2.88. The molecule has 5 heteroatoms. The third-order valence-electron chi connectivity index (χ3n) is 4.00. The number of nitrogens with zero attached hydrogens (tertiary/aromatic N) is 2. The zero-order valence-electron chi connectivity index (χ0n) is 12.0. The summed E-state index contributed by atoms with van der Waals surface area (Å²) in [5.41, 5.74) is 0.439. The lowest BCUT2D eigenvalue weighted by Gasteiger charge is -2.29. The van der Waals surface area contributed by atoms with Crippen molar-refractivity contribution < 1.29 is 14.3 Å². The number of likely N-dealkylation sites (N-methyl/N-ethyl adjacent to an activating group) is 2. The molecule has 2 rings (SSSR count). The topological polar surface area (TPSA) is 43.8 Å². The summed E-state index contributed by atoms with van der Waals surface area (Å²) < 4.78 is 14.0. The summed E-state index contributed by atoms with van der Waals surface area (Å²) >= 11 is 0. The Balaban J connectivity index is 2.09. The Morgan fingerprint density at radius 1 is 1.55 bits per heavy atom. The van der Waals surface area contributed by atoms with Gasteiger partial charge in [0.25, 0.3) is 0 Å². The number of aromatic carboxylic acids is 1. The molecule has 1 unspecified atom stereocenters. The van der Waals surface area contributed by atoms with Crippen LogP contribution in [-0.4, -0.2) is 48.7 Å². The lowest BCUT2D eigenvalue weighted by atomic mass is 10.1. The Morgan fingerprint density at radius 3 is 2.90 bits per heavy atom. The molecule has 1 aliphatic heterocycles. The minimum Gasteiger partial charge on any atom is -0.478 e. The zero-order chi connectivity index (χ0) is 14.7. The third kappa shape index (κ3) is 3.10. The first-order valence-corrected chi connectivity index (χ1v) is 7.01. The molecule has 1 aromatic rings. The number of rotatable bonds is 5. The average molecular weight is 280 g/mol. The van der Waals surface area contributed by atoms with Crippen molar-refractivity contribution in [2.45, 2.75) is 25.8 Å². The highest BCUT2D eigenvalue weighted by molar-refractivity contribution is 5.88. The summed E-state index contributed by atoms with van der Waals surface area (Å²) in [6, 6.07) is 4.53. The minimum atomic E-state index is -1.11. The Kier molecular flexibility index (Phi) is 4.60. The molecule has 1 N–H and O–H groups in total. The SMILES string of the molecule is CCN1CCCC1CN(C)c1ccc(C(=O)O)cc1F. The number of hydrogen-bond acceptors (Lipinski definition) is 3. The van der Waals surface area contributed by atoms with Gasteiger partial charge >= 0.3 is 5.97 Å². The highest BCUT2D eigenvalue weighted by Crippen LogP contribution is 2.23. The molecule has 1 fully saturated rings. The molecule has 0 bridgehead atoms. The van der Waals surface area contributed by atoms with Crippen molar-refractivity contribution in [1.29, 1.82) is 0 Å². The highest BCUT2D eigenvalue weighted by Gasteiger charge is 2.25. The summed E-state index contributed by atoms with van der Waals surface area (Å²) in [5.74, 6) is -1.58. The Morgan fingerprint density at radius 2 is 2.30 bits per heavy atom. The molecular formula is C15H21FN2O2. The van der Waals surface area contributed by atoms with Gasteiger partial charge in [-0.05, 0) is 44.1 Å². The van der Waals surface area contributed by atoms with E-state index >= 15 is 0 Å². The Bertz CT molecular complexity index is 493. The largest absolute Gasteiger partial charge is 0.478 e. The van der Waals surface area contributed by atoms with E-state index in [1.807, 2.05) is 11.9 Å². The second-order valence-corrected chi connectivity index (χ2v) is 5.28. The maximum atomic E-state index is 14.0. The summed E-state index contributed by atoms with van der Waals surface area (Å²) in [5, 5.41) is 8.85. The summed E-state index contributed by atoms with van der Waals surface area (Å²) in [6.45, 7) is 5.02. The van der Waals surface area contributed by atoms with E-state index in [1.165, 1.54) is 12.5 Å². The molecule has 1 saturated heterocycles. The van der Waals surface area contributed by atoms with Gasteiger partial charge in [-0.3, -0.25) is 4.90 Å². The number of hydrogen-bond donors (Lipinski definition) is 1. The summed E-state index contributed by atoms with van der Waals surface area (Å²) in [7, 11) is 1.85. The van der Waals surface area contributed by atoms with E-state index in [9.17, 15) is 9.18 Å². The van der Waals surface area contributed by atoms with Crippen molar-refractivity contribution in [3.63, 3.8) is 0 Å². The van der Waals surface area contributed by atoms with E-state index in [1.54, 1.807) is 6.07 Å². The molecule has 0 radical (unpaired) electrons. The van der Waals surface area contributed by atoms with E-state index in [-0.39, 0.29) is 5.56 Å². The smallest absolute Gasteiger partial charge is 0.335 e. The predicted octanol–water partition coefficient (Wildman–Crippen LogP) is 2.44. The van der Waals surface area contributed by atoms with Crippen LogP contribution in [0, 0.1) is 5.82 Å². The van der Waals surface area contributed by atoms with E-state index in [2.05, 4.69) is 11.8 Å². The second-order valence-electron chi connectivity index (χ2n) is 5.28. The van der Waals surface area contributed by atoms with Gasteiger partial charge in [-0.1, -0.05) is 6.92 Å². The van der Waals surface area contributed by atoms with E-state index < -0.39 is 11.8 Å². The molecule has 110 valence electrons. The van der Waals surface area contributed by atoms with Gasteiger partial charge in [0.15, 0.2) is 0 Å². The number of carboxylic acids is 1. The molecule has 1 atom stereocenters. The van der Waals surface area contributed by atoms with Crippen LogP contribution in [-0.2, 0) is 0 Å². The molecule has 1 aromatic carbocycles. The van der Waals surface area contributed by atoms with Gasteiger partial charge in [0.2, 0.25) is 0 Å². The van der Waals surface area contributed by atoms with Gasteiger partial charge < -0.3 is 10.0 Å². The minimum absolute atomic E-state index is 0.0179. The van der Waals surface area contributed by atoms with Crippen molar-refractivity contribution >= 4 is 11.7 Å². The first-order chi connectivity index (χ1) is 9.52. The monoisotopic (exact) mass is 280 g/mol. The number of benzene rings is 1. The first-order valence-electron chi connectivity index (χ1n) is 7.01. The summed E-state index contributed by atoms with van der Waals surface area (Å²) in [6.07, 6.45) is 2.32. The van der Waals surface area contributed by atoms with Crippen LogP contribution in [0.15, 0.2) is 18.2 Å². The maximum Gasteiger partial charge on any atom is 0.335 e. The van der Waals surface area contributed by atoms with Gasteiger partial charge in [-0.25, -0.2) is 9.18 Å². The standard InChI is InChI=1S/C15H21FN2O2/c1-3-18-8-4-5-12(18)10-17(2)14-7-6-11(15(19)20)9-13(14)16/h6-7,9,12H,3-5,8,10H2,1-2H3,(H,19,20). The van der Waals surface area contributed by atoms with Crippen molar-refractivity contribution in [2.75, 3.05) is 31.6 Å². The third-order valence-corrected chi connectivity index (χ3v) is 4.00. The van der Waals surface area contributed by atoms with Gasteiger partial charge in [0, 0.05) is 19.6 Å². The molecule has 1 heterocycles. The van der Waals surface area contributed by atoms with Gasteiger partial charge in [0.05, 0.1) is 11.3 Å². The molecule has 1 aliphatic rings. The van der Waals surface area contributed by atoms with E-state index in [0.717, 1.165) is 32.1 Å². The van der Waals surface area contributed by atoms with Crippen LogP contribution < -0.4 is 4.90 Å². The predicted molar refractivity (Wildman–Crippen MR) is 76.9 cm³/mol. The summed E-state index contributed by atoms with van der Waals surface area (Å²) in [4.78, 5) is 15.1. The van der Waals surface area contributed by atoms with Crippen LogP contribution in [0.5, 0.6) is 0 Å². The van der Waals surface area contributed by atoms with Gasteiger partial charge in [0.1, 0.15) is 5.82 Å². The first kappa shape index (κ1) is 14.8. The second kappa shape index (κ2) is 6.22. The number of carbonyl (C=O) groups is 1. The lowest BCUT2D eigenvalue weighted by molar-refractivity contribution is 0.0696. The molecule has 0 aromatic heterocycles. The van der Waals surface area contributed by atoms with Crippen molar-refractivity contribution in [3.05, 3.63) is 29.6 Å². The van der Waals surface area contributed by atoms with Crippen LogP contribution >= 0.6 is 0 Å². The van der Waals surface area contributed by atoms with Crippen molar-refractivity contribution in [1.82, 2.24) is 4.90 Å². The fraction of sp³-hybridized carbons (Fsp3) is 0.533. The maximum absolute atomic E-state index is 14.0. The van der Waals surface area contributed by atoms with Crippen LogP contribution in [0.1, 0.15) is 30.1 Å². The molecule has 0 aliphatic carbocycles. The average Bonchev–Trinajstić information content (AvgIpc) is 2.85. The van der Waals surface area contributed by atoms with Gasteiger partial charge in [-0.2, -0.15) is 0 Å². The lowest BCUT2D eigenvalue weighted by Crippen LogP contribution is -2.39. The molecule has 20 heavy (non-hydrogen) atoms. The van der Waals surface area contributed by atoms with Crippen molar-refractivity contribution in [2.24, 2.45) is 0 Å². The number of anilines is 1. The highest BCUT2D eigenvalue weighted by atomic mass is 19.1.